The SMILES string of the molecule is CCOc1c(I)cc(-c2cccc3ccccc23)c2nc(C(=O)[O-])ccc12.[Li+]. The van der Waals surface area contributed by atoms with Crippen molar-refractivity contribution in [3.05, 3.63) is 69.9 Å². The van der Waals surface area contributed by atoms with Crippen molar-refractivity contribution in [2.75, 3.05) is 6.61 Å². The molecule has 0 aliphatic rings. The quantitative estimate of drug-likeness (QED) is 0.331. The third kappa shape index (κ3) is 3.62. The number of rotatable bonds is 4. The first-order chi connectivity index (χ1) is 13.1. The monoisotopic (exact) mass is 475 g/mol. The van der Waals surface area contributed by atoms with Gasteiger partial charge in [0.05, 0.1) is 27.4 Å². The zero-order chi connectivity index (χ0) is 19.0. The Bertz CT molecular complexity index is 1190. The molecule has 0 spiro atoms. The summed E-state index contributed by atoms with van der Waals surface area (Å²) < 4.78 is 6.77. The molecule has 6 heteroatoms. The predicted molar refractivity (Wildman–Crippen MR) is 113 cm³/mol. The van der Waals surface area contributed by atoms with Gasteiger partial charge >= 0.3 is 18.9 Å². The Labute approximate surface area is 188 Å². The number of aromatic nitrogens is 1. The van der Waals surface area contributed by atoms with E-state index in [1.807, 2.05) is 37.3 Å². The second kappa shape index (κ2) is 8.52. The van der Waals surface area contributed by atoms with Crippen molar-refractivity contribution >= 4 is 50.2 Å². The van der Waals surface area contributed by atoms with Crippen molar-refractivity contribution < 1.29 is 33.5 Å². The number of carboxylic acid groups (broad SMARTS) is 1. The normalized spacial score (nSPS) is 10.6. The molecule has 0 saturated carbocycles. The van der Waals surface area contributed by atoms with Crippen molar-refractivity contribution in [2.24, 2.45) is 0 Å². The van der Waals surface area contributed by atoms with E-state index < -0.39 is 5.97 Å². The molecule has 28 heavy (non-hydrogen) atoms. The van der Waals surface area contributed by atoms with E-state index in [0.717, 1.165) is 36.6 Å². The molecular weight excluding hydrogens is 460 g/mol. The Balaban J connectivity index is 0.00000225. The minimum Gasteiger partial charge on any atom is -0.543 e. The van der Waals surface area contributed by atoms with Gasteiger partial charge < -0.3 is 14.6 Å². The van der Waals surface area contributed by atoms with Crippen LogP contribution < -0.4 is 28.7 Å². The van der Waals surface area contributed by atoms with Crippen LogP contribution in [0, 0.1) is 3.57 Å². The fourth-order valence-electron chi connectivity index (χ4n) is 3.31. The summed E-state index contributed by atoms with van der Waals surface area (Å²) in [5.74, 6) is -0.577. The molecule has 0 bridgehead atoms. The van der Waals surface area contributed by atoms with E-state index in [4.69, 9.17) is 4.74 Å². The van der Waals surface area contributed by atoms with Gasteiger partial charge in [0.2, 0.25) is 0 Å². The maximum atomic E-state index is 11.4. The van der Waals surface area contributed by atoms with Crippen molar-refractivity contribution in [3.63, 3.8) is 0 Å². The zero-order valence-corrected chi connectivity index (χ0v) is 17.7. The smallest absolute Gasteiger partial charge is 0.543 e. The number of ether oxygens (including phenoxy) is 1. The second-order valence-electron chi connectivity index (χ2n) is 6.07. The van der Waals surface area contributed by atoms with Crippen molar-refractivity contribution in [1.29, 1.82) is 0 Å². The number of aromatic carboxylic acids is 1. The number of halogens is 1. The molecule has 3 aromatic carbocycles. The molecule has 4 aromatic rings. The Morgan fingerprint density at radius 2 is 1.79 bits per heavy atom. The van der Waals surface area contributed by atoms with Gasteiger partial charge in [-0.15, -0.1) is 0 Å². The summed E-state index contributed by atoms with van der Waals surface area (Å²) in [6.07, 6.45) is 0. The van der Waals surface area contributed by atoms with Crippen LogP contribution in [0.25, 0.3) is 32.8 Å². The molecule has 134 valence electrons. The molecule has 1 aromatic heterocycles. The summed E-state index contributed by atoms with van der Waals surface area (Å²) in [6.45, 7) is 2.43. The van der Waals surface area contributed by atoms with Gasteiger partial charge in [-0.2, -0.15) is 0 Å². The fraction of sp³-hybridized carbons (Fsp3) is 0.0909. The van der Waals surface area contributed by atoms with Crippen molar-refractivity contribution in [2.45, 2.75) is 6.92 Å². The number of hydrogen-bond acceptors (Lipinski definition) is 4. The van der Waals surface area contributed by atoms with Crippen LogP contribution in [0.2, 0.25) is 0 Å². The molecule has 0 atom stereocenters. The van der Waals surface area contributed by atoms with Gasteiger partial charge in [-0.1, -0.05) is 42.5 Å². The summed E-state index contributed by atoms with van der Waals surface area (Å²) in [7, 11) is 0. The third-order valence-electron chi connectivity index (χ3n) is 4.46. The molecular formula is C22H15ILiNO3. The van der Waals surface area contributed by atoms with E-state index in [9.17, 15) is 9.90 Å². The second-order valence-corrected chi connectivity index (χ2v) is 7.24. The first kappa shape index (κ1) is 20.7. The number of fused-ring (bicyclic) bond motifs is 2. The summed E-state index contributed by atoms with van der Waals surface area (Å²) in [6, 6.07) is 19.4. The number of carbonyl (C=O) groups is 1. The molecule has 4 nitrogen and oxygen atoms in total. The van der Waals surface area contributed by atoms with E-state index in [0.29, 0.717) is 12.1 Å². The van der Waals surface area contributed by atoms with Gasteiger partial charge in [0, 0.05) is 10.9 Å². The number of carbonyl (C=O) groups excluding carboxylic acids is 1. The fourth-order valence-corrected chi connectivity index (χ4v) is 4.06. The zero-order valence-electron chi connectivity index (χ0n) is 15.5. The van der Waals surface area contributed by atoms with Crippen LogP contribution in [0.1, 0.15) is 17.4 Å². The summed E-state index contributed by atoms with van der Waals surface area (Å²) in [5, 5.41) is 14.4. The van der Waals surface area contributed by atoms with Crippen LogP contribution in [-0.4, -0.2) is 17.6 Å². The Morgan fingerprint density at radius 1 is 1.04 bits per heavy atom. The van der Waals surface area contributed by atoms with Crippen LogP contribution in [0.15, 0.2) is 60.7 Å². The predicted octanol–water partition coefficient (Wildman–Crippen LogP) is 1.43. The van der Waals surface area contributed by atoms with Crippen LogP contribution in [0.3, 0.4) is 0 Å². The molecule has 1 heterocycles. The van der Waals surface area contributed by atoms with E-state index >= 15 is 0 Å². The maximum Gasteiger partial charge on any atom is 1.00 e. The van der Waals surface area contributed by atoms with Gasteiger partial charge in [0.25, 0.3) is 0 Å². The topological polar surface area (TPSA) is 62.2 Å². The Kier molecular flexibility index (Phi) is 6.29. The molecule has 0 saturated heterocycles. The molecule has 0 N–H and O–H groups in total. The van der Waals surface area contributed by atoms with E-state index in [2.05, 4.69) is 45.8 Å². The van der Waals surface area contributed by atoms with Gasteiger partial charge in [-0.05, 0) is 64.0 Å². The largest absolute Gasteiger partial charge is 1.00 e. The summed E-state index contributed by atoms with van der Waals surface area (Å²) in [5.41, 5.74) is 2.38. The number of nitrogens with zero attached hydrogens (tertiary/aromatic N) is 1. The van der Waals surface area contributed by atoms with Gasteiger partial charge in [0.1, 0.15) is 5.75 Å². The summed E-state index contributed by atoms with van der Waals surface area (Å²) in [4.78, 5) is 15.8. The van der Waals surface area contributed by atoms with E-state index in [-0.39, 0.29) is 24.6 Å². The Hall–Kier alpha value is -2.07. The molecule has 0 radical (unpaired) electrons. The van der Waals surface area contributed by atoms with Crippen molar-refractivity contribution in [3.8, 4) is 16.9 Å². The molecule has 0 aliphatic carbocycles. The number of carboxylic acids is 1. The molecule has 0 aliphatic heterocycles. The molecule has 0 amide bonds. The molecule has 0 unspecified atom stereocenters. The number of pyridine rings is 1. The minimum absolute atomic E-state index is 0. The third-order valence-corrected chi connectivity index (χ3v) is 5.26. The van der Waals surface area contributed by atoms with E-state index in [1.54, 1.807) is 6.07 Å². The first-order valence-electron chi connectivity index (χ1n) is 8.55. The average molecular weight is 475 g/mol. The standard InChI is InChI=1S/C22H16INO3.Li/c1-2-27-21-16-10-11-19(22(25)26)24-20(16)17(12-18(21)23)15-9-5-7-13-6-3-4-8-14(13)15;/h3-12H,2H2,1H3,(H,25,26);/q;+1/p-1. The number of benzene rings is 3. The maximum absolute atomic E-state index is 11.4. The van der Waals surface area contributed by atoms with Gasteiger partial charge in [-0.3, -0.25) is 0 Å². The Morgan fingerprint density at radius 3 is 2.54 bits per heavy atom. The average Bonchev–Trinajstić information content (AvgIpc) is 2.69. The summed E-state index contributed by atoms with van der Waals surface area (Å²) >= 11 is 2.25. The van der Waals surface area contributed by atoms with Gasteiger partial charge in [0.15, 0.2) is 0 Å². The van der Waals surface area contributed by atoms with Crippen LogP contribution in [0.5, 0.6) is 5.75 Å². The van der Waals surface area contributed by atoms with Crippen LogP contribution in [0.4, 0.5) is 0 Å². The van der Waals surface area contributed by atoms with Crippen molar-refractivity contribution in [1.82, 2.24) is 4.98 Å². The first-order valence-corrected chi connectivity index (χ1v) is 9.63. The number of hydrogen-bond donors (Lipinski definition) is 0. The van der Waals surface area contributed by atoms with E-state index in [1.165, 1.54) is 6.07 Å². The minimum atomic E-state index is -1.29. The molecule has 0 fully saturated rings. The van der Waals surface area contributed by atoms with Crippen LogP contribution in [-0.2, 0) is 0 Å². The van der Waals surface area contributed by atoms with Crippen LogP contribution >= 0.6 is 22.6 Å². The molecule has 4 rings (SSSR count). The van der Waals surface area contributed by atoms with Gasteiger partial charge in [-0.25, -0.2) is 4.98 Å².